The van der Waals surface area contributed by atoms with E-state index in [0.29, 0.717) is 5.02 Å². The lowest BCUT2D eigenvalue weighted by molar-refractivity contribution is 0.343. The van der Waals surface area contributed by atoms with Gasteiger partial charge in [-0.15, -0.1) is 0 Å². The van der Waals surface area contributed by atoms with Crippen LogP contribution in [0.1, 0.15) is 5.56 Å². The molecule has 11 heavy (non-hydrogen) atoms. The van der Waals surface area contributed by atoms with Gasteiger partial charge in [0.15, 0.2) is 0 Å². The van der Waals surface area contributed by atoms with Crippen LogP contribution in [0.15, 0.2) is 30.3 Å². The number of aliphatic hydroxyl groups excluding tert-OH is 1. The van der Waals surface area contributed by atoms with Crippen molar-refractivity contribution in [2.45, 2.75) is 0 Å². The Labute approximate surface area is 70.9 Å². The normalized spacial score (nSPS) is 10.7. The average molecular weight is 169 g/mol. The summed E-state index contributed by atoms with van der Waals surface area (Å²) in [6.07, 6.45) is 3.50. The Morgan fingerprint density at radius 3 is 2.91 bits per heavy atom. The maximum atomic E-state index is 8.48. The monoisotopic (exact) mass is 168 g/mol. The first-order valence-corrected chi connectivity index (χ1v) is 3.73. The molecule has 1 nitrogen and oxygen atoms in total. The highest BCUT2D eigenvalue weighted by Crippen LogP contribution is 2.11. The van der Waals surface area contributed by atoms with E-state index in [9.17, 15) is 0 Å². The molecule has 0 fully saturated rings. The zero-order valence-corrected chi connectivity index (χ0v) is 6.75. The predicted molar refractivity (Wildman–Crippen MR) is 47.6 cm³/mol. The van der Waals surface area contributed by atoms with Crippen molar-refractivity contribution in [2.24, 2.45) is 0 Å². The highest BCUT2D eigenvalue weighted by Gasteiger charge is 1.86. The van der Waals surface area contributed by atoms with Gasteiger partial charge in [-0.3, -0.25) is 0 Å². The third kappa shape index (κ3) is 2.74. The van der Waals surface area contributed by atoms with Crippen molar-refractivity contribution in [3.8, 4) is 0 Å². The Morgan fingerprint density at radius 1 is 1.45 bits per heavy atom. The second-order valence-corrected chi connectivity index (χ2v) is 2.58. The molecule has 0 spiro atoms. The van der Waals surface area contributed by atoms with Crippen LogP contribution in [-0.2, 0) is 0 Å². The van der Waals surface area contributed by atoms with Crippen LogP contribution in [0.5, 0.6) is 0 Å². The molecule has 0 unspecified atom stereocenters. The molecule has 0 saturated carbocycles. The van der Waals surface area contributed by atoms with E-state index in [1.165, 1.54) is 0 Å². The summed E-state index contributed by atoms with van der Waals surface area (Å²) in [5.74, 6) is 0. The van der Waals surface area contributed by atoms with E-state index in [2.05, 4.69) is 0 Å². The summed E-state index contributed by atoms with van der Waals surface area (Å²) in [6, 6.07) is 7.46. The van der Waals surface area contributed by atoms with Gasteiger partial charge in [-0.2, -0.15) is 0 Å². The van der Waals surface area contributed by atoms with Crippen LogP contribution in [-0.4, -0.2) is 11.7 Å². The van der Waals surface area contributed by atoms with Crippen LogP contribution in [0, 0.1) is 0 Å². The molecular weight excluding hydrogens is 160 g/mol. The summed E-state index contributed by atoms with van der Waals surface area (Å²) >= 11 is 5.73. The Bertz CT molecular complexity index is 255. The van der Waals surface area contributed by atoms with Crippen molar-refractivity contribution in [1.82, 2.24) is 0 Å². The first-order valence-electron chi connectivity index (χ1n) is 3.36. The first-order chi connectivity index (χ1) is 5.33. The van der Waals surface area contributed by atoms with Crippen molar-refractivity contribution in [1.29, 1.82) is 0 Å². The maximum Gasteiger partial charge on any atom is 0.0615 e. The Morgan fingerprint density at radius 2 is 2.27 bits per heavy atom. The molecule has 0 radical (unpaired) electrons. The lowest BCUT2D eigenvalue weighted by Gasteiger charge is -1.92. The van der Waals surface area contributed by atoms with Gasteiger partial charge in [0.25, 0.3) is 0 Å². The van der Waals surface area contributed by atoms with E-state index in [4.69, 9.17) is 16.7 Å². The second kappa shape index (κ2) is 4.16. The minimum Gasteiger partial charge on any atom is -0.392 e. The molecule has 0 bridgehead atoms. The molecule has 0 aliphatic rings. The second-order valence-electron chi connectivity index (χ2n) is 2.14. The molecule has 0 aliphatic carbocycles. The molecule has 1 rings (SSSR count). The van der Waals surface area contributed by atoms with Crippen molar-refractivity contribution >= 4 is 17.7 Å². The van der Waals surface area contributed by atoms with Crippen LogP contribution in [0.3, 0.4) is 0 Å². The number of aliphatic hydroxyl groups is 1. The van der Waals surface area contributed by atoms with Gasteiger partial charge >= 0.3 is 0 Å². The van der Waals surface area contributed by atoms with E-state index < -0.39 is 0 Å². The third-order valence-corrected chi connectivity index (χ3v) is 1.50. The SMILES string of the molecule is OC/C=C\c1cccc(Cl)c1. The Kier molecular flexibility index (Phi) is 3.14. The largest absolute Gasteiger partial charge is 0.392 e. The summed E-state index contributed by atoms with van der Waals surface area (Å²) in [5.41, 5.74) is 1.01. The molecule has 58 valence electrons. The Hall–Kier alpha value is -0.790. The van der Waals surface area contributed by atoms with Crippen molar-refractivity contribution in [2.75, 3.05) is 6.61 Å². The third-order valence-electron chi connectivity index (χ3n) is 1.26. The number of halogens is 1. The van der Waals surface area contributed by atoms with Gasteiger partial charge < -0.3 is 5.11 Å². The number of hydrogen-bond acceptors (Lipinski definition) is 1. The standard InChI is InChI=1S/C9H9ClO/c10-9-5-1-3-8(7-9)4-2-6-11/h1-5,7,11H,6H2/b4-2-. The fourth-order valence-corrected chi connectivity index (χ4v) is 0.998. The van der Waals surface area contributed by atoms with Gasteiger partial charge in [0, 0.05) is 5.02 Å². The summed E-state index contributed by atoms with van der Waals surface area (Å²) in [7, 11) is 0. The van der Waals surface area contributed by atoms with Gasteiger partial charge in [0.1, 0.15) is 0 Å². The molecule has 1 N–H and O–H groups in total. The molecule has 0 aliphatic heterocycles. The van der Waals surface area contributed by atoms with Crippen LogP contribution in [0.4, 0.5) is 0 Å². The summed E-state index contributed by atoms with van der Waals surface area (Å²) in [6.45, 7) is 0.0620. The predicted octanol–water partition coefficient (Wildman–Crippen LogP) is 2.35. The van der Waals surface area contributed by atoms with Crippen LogP contribution >= 0.6 is 11.6 Å². The zero-order valence-electron chi connectivity index (χ0n) is 6.00. The highest BCUT2D eigenvalue weighted by molar-refractivity contribution is 6.30. The first kappa shape index (κ1) is 8.31. The van der Waals surface area contributed by atoms with Gasteiger partial charge in [0.2, 0.25) is 0 Å². The van der Waals surface area contributed by atoms with Crippen LogP contribution < -0.4 is 0 Å². The van der Waals surface area contributed by atoms with E-state index in [1.54, 1.807) is 6.08 Å². The minimum atomic E-state index is 0.0620. The molecular formula is C9H9ClO. The molecule has 1 aromatic rings. The number of hydrogen-bond donors (Lipinski definition) is 1. The molecule has 2 heteroatoms. The quantitative estimate of drug-likeness (QED) is 0.719. The maximum absolute atomic E-state index is 8.48. The van der Waals surface area contributed by atoms with Crippen LogP contribution in [0.25, 0.3) is 6.08 Å². The number of benzene rings is 1. The summed E-state index contributed by atoms with van der Waals surface area (Å²) in [4.78, 5) is 0. The summed E-state index contributed by atoms with van der Waals surface area (Å²) < 4.78 is 0. The summed E-state index contributed by atoms with van der Waals surface area (Å²) in [5, 5.41) is 9.19. The van der Waals surface area contributed by atoms with Gasteiger partial charge in [-0.1, -0.05) is 35.9 Å². The molecule has 1 aromatic carbocycles. The minimum absolute atomic E-state index is 0.0620. The van der Waals surface area contributed by atoms with Gasteiger partial charge in [-0.25, -0.2) is 0 Å². The fraction of sp³-hybridized carbons (Fsp3) is 0.111. The topological polar surface area (TPSA) is 20.2 Å². The van der Waals surface area contributed by atoms with Crippen molar-refractivity contribution < 1.29 is 5.11 Å². The number of rotatable bonds is 2. The molecule has 0 heterocycles. The lowest BCUT2D eigenvalue weighted by Crippen LogP contribution is -1.73. The van der Waals surface area contributed by atoms with E-state index in [0.717, 1.165) is 5.56 Å². The van der Waals surface area contributed by atoms with Crippen molar-refractivity contribution in [3.05, 3.63) is 40.9 Å². The molecule has 0 atom stereocenters. The van der Waals surface area contributed by atoms with E-state index in [1.807, 2.05) is 30.3 Å². The molecule has 0 aromatic heterocycles. The van der Waals surface area contributed by atoms with E-state index in [-0.39, 0.29) is 6.61 Å². The lowest BCUT2D eigenvalue weighted by atomic mass is 10.2. The fourth-order valence-electron chi connectivity index (χ4n) is 0.799. The average Bonchev–Trinajstić information content (AvgIpc) is 2.01. The van der Waals surface area contributed by atoms with E-state index >= 15 is 0 Å². The van der Waals surface area contributed by atoms with Gasteiger partial charge in [-0.05, 0) is 17.7 Å². The van der Waals surface area contributed by atoms with Crippen LogP contribution in [0.2, 0.25) is 5.02 Å². The zero-order chi connectivity index (χ0) is 8.10. The van der Waals surface area contributed by atoms with Gasteiger partial charge in [0.05, 0.1) is 6.61 Å². The molecule has 0 saturated heterocycles. The smallest absolute Gasteiger partial charge is 0.0615 e. The highest BCUT2D eigenvalue weighted by atomic mass is 35.5. The molecule has 0 amide bonds. The Balaban J connectivity index is 2.79. The van der Waals surface area contributed by atoms with Crippen molar-refractivity contribution in [3.63, 3.8) is 0 Å².